The molecule has 0 saturated carbocycles. The van der Waals surface area contributed by atoms with E-state index in [9.17, 15) is 4.79 Å². The molecule has 18 heavy (non-hydrogen) atoms. The summed E-state index contributed by atoms with van der Waals surface area (Å²) in [6.45, 7) is 2.91. The summed E-state index contributed by atoms with van der Waals surface area (Å²) in [6.07, 6.45) is 7.66. The van der Waals surface area contributed by atoms with Gasteiger partial charge in [0, 0.05) is 32.0 Å². The van der Waals surface area contributed by atoms with Gasteiger partial charge in [0.15, 0.2) is 0 Å². The van der Waals surface area contributed by atoms with Crippen LogP contribution in [0, 0.1) is 0 Å². The van der Waals surface area contributed by atoms with Gasteiger partial charge in [-0.05, 0) is 6.42 Å². The molecule has 1 N–H and O–H groups in total. The molecule has 6 heteroatoms. The lowest BCUT2D eigenvalue weighted by Gasteiger charge is -2.17. The van der Waals surface area contributed by atoms with Gasteiger partial charge in [0.1, 0.15) is 0 Å². The van der Waals surface area contributed by atoms with Crippen molar-refractivity contribution in [2.75, 3.05) is 20.3 Å². The van der Waals surface area contributed by atoms with E-state index in [0.717, 1.165) is 12.8 Å². The van der Waals surface area contributed by atoms with E-state index in [1.165, 1.54) is 0 Å². The van der Waals surface area contributed by atoms with Gasteiger partial charge in [-0.1, -0.05) is 13.3 Å². The number of carbonyl (C=O) groups excluding carboxylic acids is 1. The third kappa shape index (κ3) is 5.29. The summed E-state index contributed by atoms with van der Waals surface area (Å²) in [6, 6.07) is 0.128. The molecule has 0 radical (unpaired) electrons. The van der Waals surface area contributed by atoms with Crippen LogP contribution in [0.15, 0.2) is 18.7 Å². The van der Waals surface area contributed by atoms with E-state index in [1.807, 2.05) is 10.8 Å². The van der Waals surface area contributed by atoms with Crippen molar-refractivity contribution in [2.24, 2.45) is 0 Å². The Bertz CT molecular complexity index is 327. The number of rotatable bonds is 9. The normalized spacial score (nSPS) is 12.3. The second kappa shape index (κ2) is 8.66. The van der Waals surface area contributed by atoms with Crippen LogP contribution < -0.4 is 5.48 Å². The van der Waals surface area contributed by atoms with Gasteiger partial charge in [0.25, 0.3) is 0 Å². The first-order chi connectivity index (χ1) is 8.77. The first-order valence-electron chi connectivity index (χ1n) is 6.15. The fourth-order valence-corrected chi connectivity index (χ4v) is 1.69. The average Bonchev–Trinajstić information content (AvgIpc) is 2.88. The molecule has 1 atom stereocenters. The molecule has 0 saturated heterocycles. The molecular formula is C12H21N3O3. The number of hydrogen-bond acceptors (Lipinski definition) is 4. The van der Waals surface area contributed by atoms with Crippen LogP contribution in [0.4, 0.5) is 0 Å². The predicted molar refractivity (Wildman–Crippen MR) is 66.8 cm³/mol. The van der Waals surface area contributed by atoms with Crippen molar-refractivity contribution in [3.05, 3.63) is 18.7 Å². The number of amides is 1. The van der Waals surface area contributed by atoms with E-state index in [-0.39, 0.29) is 11.9 Å². The van der Waals surface area contributed by atoms with E-state index in [0.29, 0.717) is 19.6 Å². The first kappa shape index (κ1) is 14.7. The Labute approximate surface area is 107 Å². The summed E-state index contributed by atoms with van der Waals surface area (Å²) in [5.74, 6) is -0.127. The van der Waals surface area contributed by atoms with Crippen LogP contribution in [0.5, 0.6) is 0 Å². The molecule has 1 rings (SSSR count). The molecule has 0 aliphatic rings. The number of aromatic nitrogens is 2. The van der Waals surface area contributed by atoms with Crippen LogP contribution in [0.2, 0.25) is 0 Å². The number of ether oxygens (including phenoxy) is 1. The third-order valence-electron chi connectivity index (χ3n) is 2.56. The SMILES string of the molecule is CCCC(CC(=O)NOCCOC)n1ccnc1. The second-order valence-electron chi connectivity index (χ2n) is 4.02. The zero-order valence-corrected chi connectivity index (χ0v) is 11.0. The number of nitrogens with zero attached hydrogens (tertiary/aromatic N) is 2. The number of carbonyl (C=O) groups is 1. The highest BCUT2D eigenvalue weighted by atomic mass is 16.7. The molecule has 0 spiro atoms. The van der Waals surface area contributed by atoms with E-state index >= 15 is 0 Å². The number of nitrogens with one attached hydrogen (secondary N) is 1. The number of imidazole rings is 1. The lowest BCUT2D eigenvalue weighted by molar-refractivity contribution is -0.135. The average molecular weight is 255 g/mol. The fraction of sp³-hybridized carbons (Fsp3) is 0.667. The minimum absolute atomic E-state index is 0.127. The first-order valence-corrected chi connectivity index (χ1v) is 6.15. The molecule has 1 aromatic heterocycles. The highest BCUT2D eigenvalue weighted by Crippen LogP contribution is 2.17. The molecule has 1 aromatic rings. The maximum absolute atomic E-state index is 11.7. The van der Waals surface area contributed by atoms with Crippen molar-refractivity contribution < 1.29 is 14.4 Å². The molecule has 1 unspecified atom stereocenters. The summed E-state index contributed by atoms with van der Waals surface area (Å²) in [4.78, 5) is 20.7. The molecular weight excluding hydrogens is 234 g/mol. The molecule has 0 aliphatic heterocycles. The zero-order valence-electron chi connectivity index (χ0n) is 11.0. The van der Waals surface area contributed by atoms with Crippen LogP contribution in [0.3, 0.4) is 0 Å². The summed E-state index contributed by atoms with van der Waals surface area (Å²) in [5.41, 5.74) is 2.42. The third-order valence-corrected chi connectivity index (χ3v) is 2.56. The molecule has 0 bridgehead atoms. The number of hydrogen-bond donors (Lipinski definition) is 1. The highest BCUT2D eigenvalue weighted by Gasteiger charge is 2.14. The van der Waals surface area contributed by atoms with Crippen LogP contribution in [0.25, 0.3) is 0 Å². The Kier molecular flexibility index (Phi) is 7.05. The summed E-state index contributed by atoms with van der Waals surface area (Å²) < 4.78 is 6.77. The standard InChI is InChI=1S/C12H21N3O3/c1-3-4-11(15-6-5-13-10-15)9-12(16)14-18-8-7-17-2/h5-6,10-11H,3-4,7-9H2,1-2H3,(H,14,16). The monoisotopic (exact) mass is 255 g/mol. The Balaban J connectivity index is 2.34. The molecule has 6 nitrogen and oxygen atoms in total. The molecule has 0 fully saturated rings. The minimum atomic E-state index is -0.127. The second-order valence-corrected chi connectivity index (χ2v) is 4.02. The molecule has 1 heterocycles. The maximum Gasteiger partial charge on any atom is 0.245 e. The van der Waals surface area contributed by atoms with Crippen molar-refractivity contribution in [1.29, 1.82) is 0 Å². The number of methoxy groups -OCH3 is 1. The highest BCUT2D eigenvalue weighted by molar-refractivity contribution is 5.75. The van der Waals surface area contributed by atoms with Crippen molar-refractivity contribution in [3.8, 4) is 0 Å². The summed E-state index contributed by atoms with van der Waals surface area (Å²) in [5, 5.41) is 0. The van der Waals surface area contributed by atoms with E-state index in [4.69, 9.17) is 9.57 Å². The van der Waals surface area contributed by atoms with Gasteiger partial charge >= 0.3 is 0 Å². The summed E-state index contributed by atoms with van der Waals surface area (Å²) in [7, 11) is 1.58. The van der Waals surface area contributed by atoms with Crippen LogP contribution >= 0.6 is 0 Å². The van der Waals surface area contributed by atoms with E-state index < -0.39 is 0 Å². The van der Waals surface area contributed by atoms with Crippen LogP contribution in [0.1, 0.15) is 32.2 Å². The van der Waals surface area contributed by atoms with Gasteiger partial charge in [0.2, 0.25) is 5.91 Å². The van der Waals surface area contributed by atoms with Gasteiger partial charge in [0.05, 0.1) is 19.5 Å². The van der Waals surface area contributed by atoms with Gasteiger partial charge in [-0.15, -0.1) is 0 Å². The van der Waals surface area contributed by atoms with Crippen LogP contribution in [-0.4, -0.2) is 35.8 Å². The van der Waals surface area contributed by atoms with Gasteiger partial charge in [-0.25, -0.2) is 10.5 Å². The number of hydroxylamine groups is 1. The van der Waals surface area contributed by atoms with Crippen molar-refractivity contribution in [1.82, 2.24) is 15.0 Å². The lowest BCUT2D eigenvalue weighted by atomic mass is 10.1. The fourth-order valence-electron chi connectivity index (χ4n) is 1.69. The Morgan fingerprint density at radius 1 is 1.50 bits per heavy atom. The molecule has 1 amide bonds. The van der Waals surface area contributed by atoms with Crippen molar-refractivity contribution >= 4 is 5.91 Å². The predicted octanol–water partition coefficient (Wildman–Crippen LogP) is 1.31. The van der Waals surface area contributed by atoms with Crippen molar-refractivity contribution in [3.63, 3.8) is 0 Å². The van der Waals surface area contributed by atoms with Crippen molar-refractivity contribution in [2.45, 2.75) is 32.2 Å². The Hall–Kier alpha value is -1.40. The maximum atomic E-state index is 11.7. The van der Waals surface area contributed by atoms with Gasteiger partial charge in [-0.3, -0.25) is 9.63 Å². The van der Waals surface area contributed by atoms with E-state index in [2.05, 4.69) is 17.4 Å². The summed E-state index contributed by atoms with van der Waals surface area (Å²) >= 11 is 0. The zero-order chi connectivity index (χ0) is 13.2. The largest absolute Gasteiger partial charge is 0.382 e. The molecule has 0 aromatic carbocycles. The Morgan fingerprint density at radius 2 is 2.33 bits per heavy atom. The van der Waals surface area contributed by atoms with Crippen LogP contribution in [-0.2, 0) is 14.4 Å². The van der Waals surface area contributed by atoms with E-state index in [1.54, 1.807) is 19.6 Å². The molecule has 0 aliphatic carbocycles. The molecule has 102 valence electrons. The quantitative estimate of drug-likeness (QED) is 0.533. The van der Waals surface area contributed by atoms with Gasteiger partial charge < -0.3 is 9.30 Å². The lowest BCUT2D eigenvalue weighted by Crippen LogP contribution is -2.28. The topological polar surface area (TPSA) is 65.4 Å². The smallest absolute Gasteiger partial charge is 0.245 e. The minimum Gasteiger partial charge on any atom is -0.382 e. The Morgan fingerprint density at radius 3 is 2.94 bits per heavy atom. The van der Waals surface area contributed by atoms with Gasteiger partial charge in [-0.2, -0.15) is 0 Å².